The Bertz CT molecular complexity index is 984. The zero-order valence-electron chi connectivity index (χ0n) is 18.6. The molecule has 1 aliphatic heterocycles. The van der Waals surface area contributed by atoms with Gasteiger partial charge in [-0.2, -0.15) is 0 Å². The van der Waals surface area contributed by atoms with Crippen LogP contribution in [-0.4, -0.2) is 41.0 Å². The average molecular weight is 433 g/mol. The van der Waals surface area contributed by atoms with Gasteiger partial charge in [0.05, 0.1) is 12.5 Å². The Morgan fingerprint density at radius 2 is 1.90 bits per heavy atom. The van der Waals surface area contributed by atoms with Crippen molar-refractivity contribution in [3.63, 3.8) is 0 Å². The van der Waals surface area contributed by atoms with Gasteiger partial charge in [-0.1, -0.05) is 13.0 Å². The zero-order valence-corrected chi connectivity index (χ0v) is 18.6. The number of rotatable bonds is 6. The van der Waals surface area contributed by atoms with E-state index in [4.69, 9.17) is 4.74 Å². The molecule has 2 heterocycles. The van der Waals surface area contributed by atoms with Gasteiger partial charge in [0.25, 0.3) is 5.91 Å². The smallest absolute Gasteiger partial charge is 0.310 e. The molecule has 1 unspecified atom stereocenters. The van der Waals surface area contributed by atoms with Crippen molar-refractivity contribution in [3.05, 3.63) is 57.9 Å². The first-order chi connectivity index (χ1) is 14.8. The Morgan fingerprint density at radius 3 is 2.55 bits per heavy atom. The van der Waals surface area contributed by atoms with Gasteiger partial charge in [-0.05, 0) is 68.9 Å². The van der Waals surface area contributed by atoms with Crippen LogP contribution in [0.25, 0.3) is 0 Å². The molecule has 0 saturated carbocycles. The Morgan fingerprint density at radius 1 is 1.16 bits per heavy atom. The number of amides is 1. The lowest BCUT2D eigenvalue weighted by Gasteiger charge is -2.32. The molecule has 0 spiro atoms. The molecule has 31 heavy (non-hydrogen) atoms. The lowest BCUT2D eigenvalue weighted by Crippen LogP contribution is -2.43. The van der Waals surface area contributed by atoms with E-state index in [0.717, 1.165) is 35.7 Å². The van der Waals surface area contributed by atoms with E-state index in [0.29, 0.717) is 37.4 Å². The van der Waals surface area contributed by atoms with Gasteiger partial charge in [-0.3, -0.25) is 9.59 Å². The van der Waals surface area contributed by atoms with Crippen molar-refractivity contribution in [2.75, 3.05) is 19.7 Å². The van der Waals surface area contributed by atoms with Gasteiger partial charge < -0.3 is 14.2 Å². The molecule has 0 bridgehead atoms. The van der Waals surface area contributed by atoms with Crippen LogP contribution < -0.4 is 0 Å². The SMILES string of the molecule is CCOC(=O)C1CCCN(C(=O)c2c(C)c(CC)c(C)n2Cc2ccc(F)c(F)c2)C1. The van der Waals surface area contributed by atoms with Gasteiger partial charge in [0.15, 0.2) is 11.6 Å². The number of carbonyl (C=O) groups excluding carboxylic acids is 2. The Hall–Kier alpha value is -2.70. The van der Waals surface area contributed by atoms with Gasteiger partial charge in [0, 0.05) is 25.3 Å². The first-order valence-electron chi connectivity index (χ1n) is 10.9. The number of nitrogens with zero attached hydrogens (tertiary/aromatic N) is 2. The monoisotopic (exact) mass is 432 g/mol. The summed E-state index contributed by atoms with van der Waals surface area (Å²) in [7, 11) is 0. The van der Waals surface area contributed by atoms with Crippen molar-refractivity contribution in [1.29, 1.82) is 0 Å². The summed E-state index contributed by atoms with van der Waals surface area (Å²) < 4.78 is 34.2. The van der Waals surface area contributed by atoms with Crippen LogP contribution in [-0.2, 0) is 22.5 Å². The quantitative estimate of drug-likeness (QED) is 0.636. The topological polar surface area (TPSA) is 51.5 Å². The number of hydrogen-bond donors (Lipinski definition) is 0. The van der Waals surface area contributed by atoms with Crippen LogP contribution in [0, 0.1) is 31.4 Å². The van der Waals surface area contributed by atoms with E-state index in [1.165, 1.54) is 12.1 Å². The minimum Gasteiger partial charge on any atom is -0.466 e. The molecular formula is C24H30F2N2O3. The molecule has 1 saturated heterocycles. The minimum atomic E-state index is -0.907. The van der Waals surface area contributed by atoms with E-state index >= 15 is 0 Å². The second-order valence-corrected chi connectivity index (χ2v) is 8.07. The van der Waals surface area contributed by atoms with Gasteiger partial charge in [-0.15, -0.1) is 0 Å². The maximum absolute atomic E-state index is 13.8. The molecule has 0 aliphatic carbocycles. The number of carbonyl (C=O) groups is 2. The van der Waals surface area contributed by atoms with Gasteiger partial charge in [-0.25, -0.2) is 8.78 Å². The maximum Gasteiger partial charge on any atom is 0.310 e. The molecule has 3 rings (SSSR count). The van der Waals surface area contributed by atoms with Crippen molar-refractivity contribution < 1.29 is 23.1 Å². The van der Waals surface area contributed by atoms with E-state index in [9.17, 15) is 18.4 Å². The Labute approximate surface area is 182 Å². The standard InChI is InChI=1S/C24H30F2N2O3/c1-5-19-15(3)22(23(29)27-11-7-8-18(14-27)24(30)31-6-2)28(16(19)4)13-17-9-10-20(25)21(26)12-17/h9-10,12,18H,5-8,11,13-14H2,1-4H3. The fourth-order valence-corrected chi connectivity index (χ4v) is 4.53. The average Bonchev–Trinajstić information content (AvgIpc) is 2.99. The molecule has 1 fully saturated rings. The first-order valence-corrected chi connectivity index (χ1v) is 10.9. The largest absolute Gasteiger partial charge is 0.466 e. The predicted octanol–water partition coefficient (Wildman–Crippen LogP) is 4.41. The zero-order chi connectivity index (χ0) is 22.7. The normalized spacial score (nSPS) is 16.5. The van der Waals surface area contributed by atoms with E-state index in [-0.39, 0.29) is 24.3 Å². The summed E-state index contributed by atoms with van der Waals surface area (Å²) in [5.74, 6) is -2.53. The summed E-state index contributed by atoms with van der Waals surface area (Å²) in [6.07, 6.45) is 2.20. The molecule has 1 aromatic carbocycles. The number of benzene rings is 1. The second kappa shape index (κ2) is 9.62. The molecule has 1 aromatic heterocycles. The molecule has 5 nitrogen and oxygen atoms in total. The van der Waals surface area contributed by atoms with Crippen molar-refractivity contribution in [3.8, 4) is 0 Å². The van der Waals surface area contributed by atoms with Crippen LogP contribution in [0.4, 0.5) is 8.78 Å². The summed E-state index contributed by atoms with van der Waals surface area (Å²) >= 11 is 0. The molecule has 0 radical (unpaired) electrons. The highest BCUT2D eigenvalue weighted by Crippen LogP contribution is 2.28. The van der Waals surface area contributed by atoms with E-state index < -0.39 is 11.6 Å². The fourth-order valence-electron chi connectivity index (χ4n) is 4.53. The van der Waals surface area contributed by atoms with Crippen molar-refractivity contribution in [2.45, 2.75) is 53.5 Å². The number of esters is 1. The third kappa shape index (κ3) is 4.65. The van der Waals surface area contributed by atoms with E-state index in [1.807, 2.05) is 25.3 Å². The highest BCUT2D eigenvalue weighted by molar-refractivity contribution is 5.95. The number of likely N-dealkylation sites (tertiary alicyclic amines) is 1. The van der Waals surface area contributed by atoms with Gasteiger partial charge in [0.1, 0.15) is 5.69 Å². The molecule has 0 N–H and O–H groups in total. The predicted molar refractivity (Wildman–Crippen MR) is 114 cm³/mol. The minimum absolute atomic E-state index is 0.142. The molecule has 168 valence electrons. The highest BCUT2D eigenvalue weighted by Gasteiger charge is 2.32. The van der Waals surface area contributed by atoms with Gasteiger partial charge in [0.2, 0.25) is 0 Å². The maximum atomic E-state index is 13.8. The van der Waals surface area contributed by atoms with Crippen LogP contribution in [0.15, 0.2) is 18.2 Å². The Balaban J connectivity index is 1.94. The number of hydrogen-bond acceptors (Lipinski definition) is 3. The fraction of sp³-hybridized carbons (Fsp3) is 0.500. The third-order valence-electron chi connectivity index (χ3n) is 6.13. The Kier molecular flexibility index (Phi) is 7.13. The number of aromatic nitrogens is 1. The van der Waals surface area contributed by atoms with Crippen LogP contribution in [0.2, 0.25) is 0 Å². The highest BCUT2D eigenvalue weighted by atomic mass is 19.2. The van der Waals surface area contributed by atoms with E-state index in [1.54, 1.807) is 11.8 Å². The summed E-state index contributed by atoms with van der Waals surface area (Å²) in [5.41, 5.74) is 4.03. The molecular weight excluding hydrogens is 402 g/mol. The number of halogens is 2. The van der Waals surface area contributed by atoms with Crippen LogP contribution in [0.3, 0.4) is 0 Å². The number of ether oxygens (including phenoxy) is 1. The van der Waals surface area contributed by atoms with E-state index in [2.05, 4.69) is 0 Å². The van der Waals surface area contributed by atoms with Gasteiger partial charge >= 0.3 is 5.97 Å². The first kappa shape index (κ1) is 23.0. The van der Waals surface area contributed by atoms with Crippen molar-refractivity contribution in [2.24, 2.45) is 5.92 Å². The van der Waals surface area contributed by atoms with Crippen molar-refractivity contribution in [1.82, 2.24) is 9.47 Å². The third-order valence-corrected chi connectivity index (χ3v) is 6.13. The van der Waals surface area contributed by atoms with Crippen LogP contribution in [0.5, 0.6) is 0 Å². The van der Waals surface area contributed by atoms with Crippen LogP contribution >= 0.6 is 0 Å². The lowest BCUT2D eigenvalue weighted by atomic mass is 9.97. The summed E-state index contributed by atoms with van der Waals surface area (Å²) in [5, 5.41) is 0. The molecule has 1 atom stereocenters. The summed E-state index contributed by atoms with van der Waals surface area (Å²) in [6.45, 7) is 9.15. The molecule has 2 aromatic rings. The number of piperidine rings is 1. The van der Waals surface area contributed by atoms with Crippen LogP contribution in [0.1, 0.15) is 59.6 Å². The summed E-state index contributed by atoms with van der Waals surface area (Å²) in [4.78, 5) is 27.5. The molecule has 1 amide bonds. The van der Waals surface area contributed by atoms with Crippen molar-refractivity contribution >= 4 is 11.9 Å². The lowest BCUT2D eigenvalue weighted by molar-refractivity contribution is -0.149. The second-order valence-electron chi connectivity index (χ2n) is 8.07. The molecule has 7 heteroatoms. The molecule has 1 aliphatic rings. The summed E-state index contributed by atoms with van der Waals surface area (Å²) in [6, 6.07) is 3.81.